The van der Waals surface area contributed by atoms with Crippen molar-refractivity contribution >= 4 is 57.6 Å². The van der Waals surface area contributed by atoms with E-state index in [0.717, 1.165) is 42.5 Å². The van der Waals surface area contributed by atoms with Crippen LogP contribution in [0, 0.1) is 5.41 Å². The Hall–Kier alpha value is -5.31. The number of imide groups is 1. The molecule has 14 heteroatoms. The molecule has 0 saturated carbocycles. The lowest BCUT2D eigenvalue weighted by Crippen LogP contribution is -2.58. The molecule has 302 valence electrons. The van der Waals surface area contributed by atoms with Crippen molar-refractivity contribution in [1.29, 1.82) is 0 Å². The number of benzene rings is 2. The van der Waals surface area contributed by atoms with Gasteiger partial charge in [0.05, 0.1) is 30.9 Å². The van der Waals surface area contributed by atoms with Crippen molar-refractivity contribution in [2.45, 2.75) is 65.2 Å². The van der Waals surface area contributed by atoms with E-state index in [1.54, 1.807) is 32.2 Å². The average molecular weight is 777 g/mol. The van der Waals surface area contributed by atoms with Gasteiger partial charge in [-0.2, -0.15) is 0 Å². The second-order valence-corrected chi connectivity index (χ2v) is 16.5. The number of piperidine rings is 1. The van der Waals surface area contributed by atoms with Crippen molar-refractivity contribution < 1.29 is 19.1 Å². The van der Waals surface area contributed by atoms with Crippen LogP contribution in [0.2, 0.25) is 0 Å². The summed E-state index contributed by atoms with van der Waals surface area (Å²) in [5.74, 6) is -0.688. The zero-order valence-corrected chi connectivity index (χ0v) is 34.2. The van der Waals surface area contributed by atoms with E-state index in [1.807, 2.05) is 55.8 Å². The molecule has 0 radical (unpaired) electrons. The first-order valence-corrected chi connectivity index (χ1v) is 19.9. The summed E-state index contributed by atoms with van der Waals surface area (Å²) in [7, 11) is 5.38. The molecule has 2 aromatic carbocycles. The molecule has 5 heterocycles. The Morgan fingerprint density at radius 3 is 2.33 bits per heavy atom. The number of likely N-dealkylation sites (tertiary alicyclic amines) is 1. The first-order valence-electron chi connectivity index (χ1n) is 19.9. The molecule has 14 nitrogen and oxygen atoms in total. The largest absolute Gasteiger partial charge is 0.494 e. The number of rotatable bonds is 11. The van der Waals surface area contributed by atoms with Crippen LogP contribution in [0.25, 0.3) is 17.0 Å². The molecule has 3 N–H and O–H groups in total. The van der Waals surface area contributed by atoms with Crippen molar-refractivity contribution in [2.24, 2.45) is 5.41 Å². The molecule has 3 amide bonds. The lowest BCUT2D eigenvalue weighted by molar-refractivity contribution is -0.133. The summed E-state index contributed by atoms with van der Waals surface area (Å²) in [4.78, 5) is 60.7. The molecule has 0 bridgehead atoms. The van der Waals surface area contributed by atoms with Gasteiger partial charge >= 0.3 is 0 Å². The van der Waals surface area contributed by atoms with Crippen LogP contribution in [0.3, 0.4) is 0 Å². The van der Waals surface area contributed by atoms with Gasteiger partial charge in [-0.05, 0) is 101 Å². The lowest BCUT2D eigenvalue weighted by Gasteiger charge is -2.42. The standard InChI is InChI=1S/C43H56N10O4/c1-28(44-5)40(54)48-38(43(2,3)4)42(56)53(41(55)29-23-33-9-8-16-52(33)26-29)36-24-34-35(25-37(36)57-7)45-27-46-39(34)47-30-10-12-31(13-11-30)50-19-21-51(22-20-50)32-14-17-49(6)18-15-32/h8-13,16,23-25,27-28,32,38,44H,14-15,17-22,26H2,1-7H3,(H,48,54)(H,45,46,47)/t28-,38+/m0/s1. The van der Waals surface area contributed by atoms with Gasteiger partial charge in [-0.1, -0.05) is 20.8 Å². The van der Waals surface area contributed by atoms with E-state index in [2.05, 4.69) is 59.8 Å². The van der Waals surface area contributed by atoms with E-state index in [1.165, 1.54) is 45.1 Å². The minimum Gasteiger partial charge on any atom is -0.494 e. The first kappa shape index (κ1) is 39.9. The number of likely N-dealkylation sites (N-methyl/N-ethyl adjacent to an activating group) is 1. The van der Waals surface area contributed by atoms with Crippen LogP contribution >= 0.6 is 0 Å². The fourth-order valence-corrected chi connectivity index (χ4v) is 8.00. The minimum atomic E-state index is -1.06. The monoisotopic (exact) mass is 776 g/mol. The zero-order chi connectivity index (χ0) is 40.4. The number of aromatic nitrogens is 3. The molecule has 0 spiro atoms. The number of nitrogens with one attached hydrogen (secondary N) is 3. The number of piperazine rings is 1. The number of anilines is 4. The maximum absolute atomic E-state index is 14.9. The SMILES string of the molecule is CN[C@@H](C)C(=O)N[C@H](C(=O)N(C(=O)C1=Cc2cccn2C1)c1cc2c(Nc3ccc(N4CCN(C5CCN(C)CC5)CC4)cc3)ncnc2cc1OC)C(C)(C)C. The van der Waals surface area contributed by atoms with Crippen LogP contribution in [0.1, 0.15) is 46.2 Å². The van der Waals surface area contributed by atoms with Crippen molar-refractivity contribution in [3.05, 3.63) is 72.3 Å². The van der Waals surface area contributed by atoms with Gasteiger partial charge in [0, 0.05) is 72.5 Å². The lowest BCUT2D eigenvalue weighted by atomic mass is 9.85. The minimum absolute atomic E-state index is 0.218. The molecule has 57 heavy (non-hydrogen) atoms. The third-order valence-corrected chi connectivity index (χ3v) is 11.6. The molecule has 2 saturated heterocycles. The van der Waals surface area contributed by atoms with Crippen LogP contribution in [-0.2, 0) is 20.9 Å². The molecule has 3 aliphatic rings. The molecule has 2 fully saturated rings. The molecular weight excluding hydrogens is 721 g/mol. The number of fused-ring (bicyclic) bond motifs is 2. The van der Waals surface area contributed by atoms with Crippen LogP contribution in [0.15, 0.2) is 66.6 Å². The predicted molar refractivity (Wildman–Crippen MR) is 225 cm³/mol. The second kappa shape index (κ2) is 16.7. The van der Waals surface area contributed by atoms with Crippen molar-refractivity contribution in [3.8, 4) is 5.75 Å². The summed E-state index contributed by atoms with van der Waals surface area (Å²) in [6, 6.07) is 14.7. The Kier molecular flexibility index (Phi) is 11.7. The zero-order valence-electron chi connectivity index (χ0n) is 34.2. The van der Waals surface area contributed by atoms with Crippen molar-refractivity contribution in [2.75, 3.05) is 75.6 Å². The van der Waals surface area contributed by atoms with Crippen LogP contribution < -0.4 is 30.5 Å². The Morgan fingerprint density at radius 2 is 1.68 bits per heavy atom. The number of methoxy groups -OCH3 is 1. The molecular formula is C43H56N10O4. The Balaban J connectivity index is 1.18. The van der Waals surface area contributed by atoms with E-state index < -0.39 is 29.3 Å². The summed E-state index contributed by atoms with van der Waals surface area (Å²) in [5, 5.41) is 9.90. The van der Waals surface area contributed by atoms with Gasteiger partial charge in [0.1, 0.15) is 23.9 Å². The third-order valence-electron chi connectivity index (χ3n) is 11.6. The van der Waals surface area contributed by atoms with E-state index >= 15 is 0 Å². The summed E-state index contributed by atoms with van der Waals surface area (Å²) in [6.07, 6.45) is 7.64. The fourth-order valence-electron chi connectivity index (χ4n) is 8.00. The van der Waals surface area contributed by atoms with E-state index in [4.69, 9.17) is 4.74 Å². The molecule has 2 atom stereocenters. The Labute approximate surface area is 335 Å². The van der Waals surface area contributed by atoms with Crippen LogP contribution in [0.4, 0.5) is 22.9 Å². The summed E-state index contributed by atoms with van der Waals surface area (Å²) in [5.41, 5.74) is 3.31. The van der Waals surface area contributed by atoms with E-state index in [0.29, 0.717) is 34.9 Å². The number of carbonyl (C=O) groups excluding carboxylic acids is 3. The molecule has 3 aliphatic heterocycles. The number of amides is 3. The summed E-state index contributed by atoms with van der Waals surface area (Å²) >= 11 is 0. The highest BCUT2D eigenvalue weighted by molar-refractivity contribution is 6.25. The highest BCUT2D eigenvalue weighted by atomic mass is 16.5. The second-order valence-electron chi connectivity index (χ2n) is 16.5. The average Bonchev–Trinajstić information content (AvgIpc) is 3.83. The predicted octanol–water partition coefficient (Wildman–Crippen LogP) is 4.50. The van der Waals surface area contributed by atoms with Gasteiger partial charge in [-0.15, -0.1) is 0 Å². The van der Waals surface area contributed by atoms with Gasteiger partial charge in [-0.25, -0.2) is 14.9 Å². The molecule has 2 aromatic heterocycles. The number of carbonyl (C=O) groups is 3. The Morgan fingerprint density at radius 1 is 0.965 bits per heavy atom. The van der Waals surface area contributed by atoms with Crippen LogP contribution in [0.5, 0.6) is 5.75 Å². The highest BCUT2D eigenvalue weighted by Crippen LogP contribution is 2.38. The Bertz CT molecular complexity index is 2130. The van der Waals surface area contributed by atoms with Crippen molar-refractivity contribution in [3.63, 3.8) is 0 Å². The van der Waals surface area contributed by atoms with E-state index in [-0.39, 0.29) is 17.3 Å². The number of nitrogens with zero attached hydrogens (tertiary/aromatic N) is 7. The quantitative estimate of drug-likeness (QED) is 0.199. The summed E-state index contributed by atoms with van der Waals surface area (Å²) < 4.78 is 7.81. The van der Waals surface area contributed by atoms with Gasteiger partial charge in [0.25, 0.3) is 11.8 Å². The smallest absolute Gasteiger partial charge is 0.263 e. The maximum atomic E-state index is 14.9. The first-order chi connectivity index (χ1) is 27.3. The highest BCUT2D eigenvalue weighted by Gasteiger charge is 2.41. The maximum Gasteiger partial charge on any atom is 0.263 e. The van der Waals surface area contributed by atoms with Gasteiger partial charge in [0.2, 0.25) is 5.91 Å². The number of hydrogen-bond donors (Lipinski definition) is 3. The molecule has 0 unspecified atom stereocenters. The summed E-state index contributed by atoms with van der Waals surface area (Å²) in [6.45, 7) is 14.1. The van der Waals surface area contributed by atoms with E-state index in [9.17, 15) is 14.4 Å². The number of hydrogen-bond acceptors (Lipinski definition) is 11. The number of ether oxygens (including phenoxy) is 1. The molecule has 0 aliphatic carbocycles. The van der Waals surface area contributed by atoms with Crippen molar-refractivity contribution in [1.82, 2.24) is 35.0 Å². The normalized spacial score (nSPS) is 17.8. The van der Waals surface area contributed by atoms with Gasteiger partial charge in [0.15, 0.2) is 0 Å². The molecule has 4 aromatic rings. The van der Waals surface area contributed by atoms with Gasteiger partial charge in [-0.3, -0.25) is 19.3 Å². The fraction of sp³-hybridized carbons (Fsp3) is 0.465. The van der Waals surface area contributed by atoms with Gasteiger partial charge < -0.3 is 35.1 Å². The molecule has 7 rings (SSSR count). The third kappa shape index (κ3) is 8.53. The van der Waals surface area contributed by atoms with Crippen LogP contribution in [-0.4, -0.2) is 121 Å². The topological polar surface area (TPSA) is 140 Å².